The second kappa shape index (κ2) is 5.46. The Bertz CT molecular complexity index is 573. The first-order valence-electron chi connectivity index (χ1n) is 5.18. The molecule has 0 aliphatic rings. The molecule has 0 atom stereocenters. The van der Waals surface area contributed by atoms with Gasteiger partial charge in [-0.05, 0) is 30.3 Å². The highest BCUT2D eigenvalue weighted by atomic mass is 35.5. The maximum atomic E-state index is 13.6. The van der Waals surface area contributed by atoms with Gasteiger partial charge < -0.3 is 10.5 Å². The zero-order chi connectivity index (χ0) is 13.1. The van der Waals surface area contributed by atoms with E-state index in [0.29, 0.717) is 16.3 Å². The molecule has 0 aromatic heterocycles. The molecule has 2 aromatic carbocycles. The van der Waals surface area contributed by atoms with Gasteiger partial charge >= 0.3 is 0 Å². The Kier molecular flexibility index (Phi) is 3.94. The Morgan fingerprint density at radius 1 is 1.11 bits per heavy atom. The van der Waals surface area contributed by atoms with Gasteiger partial charge in [0.1, 0.15) is 6.61 Å². The van der Waals surface area contributed by atoms with Gasteiger partial charge in [-0.1, -0.05) is 29.3 Å². The number of hydrogen-bond acceptors (Lipinski definition) is 2. The normalized spacial score (nSPS) is 10.4. The Labute approximate surface area is 114 Å². The first-order chi connectivity index (χ1) is 8.58. The summed E-state index contributed by atoms with van der Waals surface area (Å²) in [4.78, 5) is 0. The fourth-order valence-corrected chi connectivity index (χ4v) is 1.79. The van der Waals surface area contributed by atoms with Crippen molar-refractivity contribution in [2.45, 2.75) is 6.61 Å². The number of nitrogens with two attached hydrogens (primary N) is 1. The van der Waals surface area contributed by atoms with Crippen LogP contribution < -0.4 is 10.5 Å². The second-order valence-corrected chi connectivity index (χ2v) is 4.51. The quantitative estimate of drug-likeness (QED) is 0.854. The summed E-state index contributed by atoms with van der Waals surface area (Å²) in [6.45, 7) is 0.126. The topological polar surface area (TPSA) is 35.2 Å². The van der Waals surface area contributed by atoms with E-state index in [1.807, 2.05) is 0 Å². The minimum absolute atomic E-state index is 0.0196. The Balaban J connectivity index is 2.16. The van der Waals surface area contributed by atoms with Gasteiger partial charge in [0.15, 0.2) is 11.6 Å². The summed E-state index contributed by atoms with van der Waals surface area (Å²) in [5, 5.41) is 0.540. The summed E-state index contributed by atoms with van der Waals surface area (Å²) in [7, 11) is 0. The molecule has 0 aliphatic heterocycles. The van der Waals surface area contributed by atoms with E-state index in [2.05, 4.69) is 0 Å². The van der Waals surface area contributed by atoms with Gasteiger partial charge in [-0.3, -0.25) is 0 Å². The van der Waals surface area contributed by atoms with Crippen LogP contribution in [0.5, 0.6) is 5.75 Å². The molecular formula is C13H10Cl2FNO. The molecule has 18 heavy (non-hydrogen) atoms. The zero-order valence-electron chi connectivity index (χ0n) is 9.29. The van der Waals surface area contributed by atoms with Gasteiger partial charge in [-0.15, -0.1) is 0 Å². The number of nitrogen functional groups attached to an aromatic ring is 1. The highest BCUT2D eigenvalue weighted by molar-refractivity contribution is 6.31. The van der Waals surface area contributed by atoms with Crippen molar-refractivity contribution in [3.63, 3.8) is 0 Å². The van der Waals surface area contributed by atoms with Crippen molar-refractivity contribution in [3.05, 3.63) is 57.8 Å². The van der Waals surface area contributed by atoms with Crippen molar-refractivity contribution in [1.82, 2.24) is 0 Å². The van der Waals surface area contributed by atoms with Crippen LogP contribution in [0.25, 0.3) is 0 Å². The lowest BCUT2D eigenvalue weighted by Gasteiger charge is -2.09. The van der Waals surface area contributed by atoms with Crippen LogP contribution in [0.1, 0.15) is 5.56 Å². The van der Waals surface area contributed by atoms with Crippen LogP contribution in [0.15, 0.2) is 36.4 Å². The molecule has 2 nitrogen and oxygen atoms in total. The van der Waals surface area contributed by atoms with E-state index in [0.717, 1.165) is 0 Å². The van der Waals surface area contributed by atoms with Crippen molar-refractivity contribution in [2.75, 3.05) is 5.73 Å². The molecule has 2 aromatic rings. The van der Waals surface area contributed by atoms with Crippen LogP contribution in [0.3, 0.4) is 0 Å². The summed E-state index contributed by atoms with van der Waals surface area (Å²) in [6.07, 6.45) is 0. The SMILES string of the molecule is Nc1ccc(Cl)c(COc2cccc(Cl)c2F)c1. The van der Waals surface area contributed by atoms with E-state index in [-0.39, 0.29) is 17.4 Å². The summed E-state index contributed by atoms with van der Waals surface area (Å²) in [5.74, 6) is -0.500. The molecule has 0 saturated heterocycles. The number of halogens is 3. The van der Waals surface area contributed by atoms with Gasteiger partial charge in [-0.2, -0.15) is 0 Å². The molecule has 0 heterocycles. The standard InChI is InChI=1S/C13H10Cl2FNO/c14-10-5-4-9(17)6-8(10)7-18-12-3-1-2-11(15)13(12)16/h1-6H,7,17H2. The van der Waals surface area contributed by atoms with Crippen molar-refractivity contribution in [2.24, 2.45) is 0 Å². The van der Waals surface area contributed by atoms with Gasteiger partial charge in [0.05, 0.1) is 5.02 Å². The lowest BCUT2D eigenvalue weighted by atomic mass is 10.2. The number of benzene rings is 2. The van der Waals surface area contributed by atoms with Crippen LogP contribution in [-0.4, -0.2) is 0 Å². The fourth-order valence-electron chi connectivity index (χ4n) is 1.46. The maximum absolute atomic E-state index is 13.6. The zero-order valence-corrected chi connectivity index (χ0v) is 10.8. The van der Waals surface area contributed by atoms with Crippen molar-refractivity contribution < 1.29 is 9.13 Å². The predicted molar refractivity (Wildman–Crippen MR) is 71.6 cm³/mol. The molecule has 2 rings (SSSR count). The molecule has 5 heteroatoms. The molecule has 0 saturated carbocycles. The first kappa shape index (κ1) is 13.0. The molecule has 0 fully saturated rings. The third kappa shape index (κ3) is 2.86. The smallest absolute Gasteiger partial charge is 0.183 e. The van der Waals surface area contributed by atoms with E-state index in [1.54, 1.807) is 24.3 Å². The monoisotopic (exact) mass is 285 g/mol. The largest absolute Gasteiger partial charge is 0.486 e. The third-order valence-corrected chi connectivity index (χ3v) is 3.03. The Morgan fingerprint density at radius 2 is 1.89 bits per heavy atom. The average molecular weight is 286 g/mol. The molecule has 0 spiro atoms. The van der Waals surface area contributed by atoms with E-state index in [9.17, 15) is 4.39 Å². The van der Waals surface area contributed by atoms with Gasteiger partial charge in [0.2, 0.25) is 0 Å². The van der Waals surface area contributed by atoms with Crippen molar-refractivity contribution >= 4 is 28.9 Å². The van der Waals surface area contributed by atoms with Crippen LogP contribution in [0.4, 0.5) is 10.1 Å². The molecule has 0 unspecified atom stereocenters. The highest BCUT2D eigenvalue weighted by Gasteiger charge is 2.08. The lowest BCUT2D eigenvalue weighted by Crippen LogP contribution is -1.99. The first-order valence-corrected chi connectivity index (χ1v) is 5.94. The number of hydrogen-bond donors (Lipinski definition) is 1. The maximum Gasteiger partial charge on any atom is 0.183 e. The third-order valence-electron chi connectivity index (χ3n) is 2.37. The molecule has 2 N–H and O–H groups in total. The van der Waals surface area contributed by atoms with E-state index in [4.69, 9.17) is 33.7 Å². The average Bonchev–Trinajstić information content (AvgIpc) is 2.35. The summed E-state index contributed by atoms with van der Waals surface area (Å²) >= 11 is 11.6. The highest BCUT2D eigenvalue weighted by Crippen LogP contribution is 2.26. The molecule has 0 aliphatic carbocycles. The molecule has 94 valence electrons. The van der Waals surface area contributed by atoms with Crippen LogP contribution >= 0.6 is 23.2 Å². The number of rotatable bonds is 3. The number of anilines is 1. The summed E-state index contributed by atoms with van der Waals surface area (Å²) in [6, 6.07) is 9.61. The molecule has 0 amide bonds. The van der Waals surface area contributed by atoms with Crippen molar-refractivity contribution in [3.8, 4) is 5.75 Å². The van der Waals surface area contributed by atoms with Crippen LogP contribution in [0, 0.1) is 5.82 Å². The Hall–Kier alpha value is -1.45. The fraction of sp³-hybridized carbons (Fsp3) is 0.0769. The predicted octanol–water partition coefficient (Wildman–Crippen LogP) is 4.29. The Morgan fingerprint density at radius 3 is 2.67 bits per heavy atom. The van der Waals surface area contributed by atoms with Crippen LogP contribution in [0.2, 0.25) is 10.0 Å². The molecular weight excluding hydrogens is 276 g/mol. The lowest BCUT2D eigenvalue weighted by molar-refractivity contribution is 0.290. The van der Waals surface area contributed by atoms with Gasteiger partial charge in [-0.25, -0.2) is 4.39 Å². The van der Waals surface area contributed by atoms with Crippen LogP contribution in [-0.2, 0) is 6.61 Å². The minimum atomic E-state index is -0.584. The summed E-state index contributed by atoms with van der Waals surface area (Å²) in [5.41, 5.74) is 6.91. The molecule has 0 radical (unpaired) electrons. The molecule has 0 bridgehead atoms. The van der Waals surface area contributed by atoms with Gasteiger partial charge in [0, 0.05) is 16.3 Å². The van der Waals surface area contributed by atoms with Gasteiger partial charge in [0.25, 0.3) is 0 Å². The second-order valence-electron chi connectivity index (χ2n) is 3.69. The van der Waals surface area contributed by atoms with Crippen molar-refractivity contribution in [1.29, 1.82) is 0 Å². The van der Waals surface area contributed by atoms with E-state index >= 15 is 0 Å². The van der Waals surface area contributed by atoms with E-state index in [1.165, 1.54) is 12.1 Å². The summed E-state index contributed by atoms with van der Waals surface area (Å²) < 4.78 is 18.9. The van der Waals surface area contributed by atoms with E-state index < -0.39 is 5.82 Å². The minimum Gasteiger partial charge on any atom is -0.486 e. The number of ether oxygens (including phenoxy) is 1.